The average Bonchev–Trinajstić information content (AvgIpc) is 2.48. The highest BCUT2D eigenvalue weighted by atomic mass is 35.5. The number of aromatic nitrogens is 3. The summed E-state index contributed by atoms with van der Waals surface area (Å²) in [5.74, 6) is -0.915. The lowest BCUT2D eigenvalue weighted by Gasteiger charge is -2.01. The maximum Gasteiger partial charge on any atom is 0.309 e. The van der Waals surface area contributed by atoms with Gasteiger partial charge in [-0.05, 0) is 23.7 Å². The van der Waals surface area contributed by atoms with Gasteiger partial charge in [-0.2, -0.15) is 0 Å². The van der Waals surface area contributed by atoms with E-state index in [9.17, 15) is 4.79 Å². The molecule has 0 saturated carbocycles. The first-order chi connectivity index (χ1) is 6.68. The summed E-state index contributed by atoms with van der Waals surface area (Å²) in [6.07, 6.45) is -0.102. The van der Waals surface area contributed by atoms with Gasteiger partial charge in [0.15, 0.2) is 5.65 Å². The Labute approximate surface area is 83.9 Å². The first-order valence-corrected chi connectivity index (χ1v) is 4.26. The SMILES string of the molecule is O=C(O)Cc1cccc2nnc(Cl)n12. The van der Waals surface area contributed by atoms with E-state index in [4.69, 9.17) is 16.7 Å². The first-order valence-electron chi connectivity index (χ1n) is 3.89. The molecule has 0 aliphatic heterocycles. The van der Waals surface area contributed by atoms with E-state index in [0.717, 1.165) is 0 Å². The van der Waals surface area contributed by atoms with E-state index in [-0.39, 0.29) is 11.7 Å². The maximum atomic E-state index is 10.5. The van der Waals surface area contributed by atoms with Crippen molar-refractivity contribution < 1.29 is 9.90 Å². The van der Waals surface area contributed by atoms with E-state index < -0.39 is 5.97 Å². The minimum absolute atomic E-state index is 0.102. The number of hydrogen-bond donors (Lipinski definition) is 1. The quantitative estimate of drug-likeness (QED) is 0.805. The molecule has 72 valence electrons. The van der Waals surface area contributed by atoms with E-state index in [2.05, 4.69) is 10.2 Å². The summed E-state index contributed by atoms with van der Waals surface area (Å²) in [7, 11) is 0. The van der Waals surface area contributed by atoms with Crippen LogP contribution in [-0.4, -0.2) is 25.7 Å². The topological polar surface area (TPSA) is 67.5 Å². The molecule has 0 atom stereocenters. The molecule has 0 aliphatic carbocycles. The molecule has 0 radical (unpaired) electrons. The van der Waals surface area contributed by atoms with Gasteiger partial charge in [-0.15, -0.1) is 10.2 Å². The van der Waals surface area contributed by atoms with Gasteiger partial charge in [-0.3, -0.25) is 9.20 Å². The van der Waals surface area contributed by atoms with E-state index in [1.807, 2.05) is 0 Å². The molecule has 2 aromatic heterocycles. The largest absolute Gasteiger partial charge is 0.481 e. The Bertz CT molecular complexity index is 494. The maximum absolute atomic E-state index is 10.5. The molecule has 0 saturated heterocycles. The van der Waals surface area contributed by atoms with Crippen LogP contribution < -0.4 is 0 Å². The fourth-order valence-electron chi connectivity index (χ4n) is 1.26. The molecule has 1 N–H and O–H groups in total. The van der Waals surface area contributed by atoms with E-state index in [1.165, 1.54) is 4.40 Å². The highest BCUT2D eigenvalue weighted by Crippen LogP contribution is 2.12. The lowest BCUT2D eigenvalue weighted by Crippen LogP contribution is -2.05. The summed E-state index contributed by atoms with van der Waals surface area (Å²) in [6.45, 7) is 0. The van der Waals surface area contributed by atoms with Gasteiger partial charge in [-0.1, -0.05) is 6.07 Å². The smallest absolute Gasteiger partial charge is 0.309 e. The number of aliphatic carboxylic acids is 1. The number of pyridine rings is 1. The van der Waals surface area contributed by atoms with Gasteiger partial charge in [0.05, 0.1) is 6.42 Å². The van der Waals surface area contributed by atoms with Gasteiger partial charge in [0.25, 0.3) is 0 Å². The molecule has 2 aromatic rings. The van der Waals surface area contributed by atoms with Gasteiger partial charge in [0.1, 0.15) is 0 Å². The summed E-state index contributed by atoms with van der Waals surface area (Å²) < 4.78 is 1.51. The average molecular weight is 212 g/mol. The van der Waals surface area contributed by atoms with Gasteiger partial charge in [0.2, 0.25) is 5.28 Å². The second-order valence-corrected chi connectivity index (χ2v) is 3.09. The summed E-state index contributed by atoms with van der Waals surface area (Å²) in [4.78, 5) is 10.5. The van der Waals surface area contributed by atoms with E-state index >= 15 is 0 Å². The Balaban J connectivity index is 2.63. The molecule has 5 nitrogen and oxygen atoms in total. The number of nitrogens with zero attached hydrogens (tertiary/aromatic N) is 3. The fourth-order valence-corrected chi connectivity index (χ4v) is 1.50. The molecular formula is C8H6ClN3O2. The van der Waals surface area contributed by atoms with Crippen molar-refractivity contribution in [1.82, 2.24) is 14.6 Å². The predicted molar refractivity (Wildman–Crippen MR) is 49.3 cm³/mol. The molecule has 2 rings (SSSR count). The Hall–Kier alpha value is -1.62. The minimum Gasteiger partial charge on any atom is -0.481 e. The number of rotatable bonds is 2. The Morgan fingerprint density at radius 1 is 1.50 bits per heavy atom. The van der Waals surface area contributed by atoms with Gasteiger partial charge in [-0.25, -0.2) is 0 Å². The zero-order valence-electron chi connectivity index (χ0n) is 7.01. The van der Waals surface area contributed by atoms with Gasteiger partial charge in [0, 0.05) is 5.69 Å². The van der Waals surface area contributed by atoms with Crippen LogP contribution in [-0.2, 0) is 11.2 Å². The van der Waals surface area contributed by atoms with Crippen LogP contribution in [0, 0.1) is 0 Å². The van der Waals surface area contributed by atoms with Gasteiger partial charge < -0.3 is 5.11 Å². The van der Waals surface area contributed by atoms with Crippen molar-refractivity contribution in [3.63, 3.8) is 0 Å². The molecule has 0 aromatic carbocycles. The van der Waals surface area contributed by atoms with E-state index in [0.29, 0.717) is 11.3 Å². The Morgan fingerprint density at radius 3 is 3.00 bits per heavy atom. The third-order valence-electron chi connectivity index (χ3n) is 1.80. The van der Waals surface area contributed by atoms with Crippen molar-refractivity contribution in [3.8, 4) is 0 Å². The van der Waals surface area contributed by atoms with Crippen LogP contribution in [0.5, 0.6) is 0 Å². The number of carbonyl (C=O) groups is 1. The standard InChI is InChI=1S/C8H6ClN3O2/c9-8-11-10-6-3-1-2-5(12(6)8)4-7(13)14/h1-3H,4H2,(H,13,14). The summed E-state index contributed by atoms with van der Waals surface area (Å²) >= 11 is 5.76. The highest BCUT2D eigenvalue weighted by Gasteiger charge is 2.09. The third-order valence-corrected chi connectivity index (χ3v) is 2.05. The summed E-state index contributed by atoms with van der Waals surface area (Å²) in [5.41, 5.74) is 1.11. The number of halogens is 1. The van der Waals surface area contributed by atoms with E-state index in [1.54, 1.807) is 18.2 Å². The van der Waals surface area contributed by atoms with Crippen molar-refractivity contribution in [2.45, 2.75) is 6.42 Å². The first kappa shape index (κ1) is 8.96. The second kappa shape index (κ2) is 3.26. The van der Waals surface area contributed by atoms with Crippen molar-refractivity contribution in [2.24, 2.45) is 0 Å². The minimum atomic E-state index is -0.915. The van der Waals surface area contributed by atoms with Crippen LogP contribution in [0.1, 0.15) is 5.69 Å². The van der Waals surface area contributed by atoms with Crippen LogP contribution in [0.4, 0.5) is 0 Å². The molecule has 0 aliphatic rings. The molecule has 0 fully saturated rings. The van der Waals surface area contributed by atoms with Crippen molar-refractivity contribution >= 4 is 23.2 Å². The van der Waals surface area contributed by atoms with Crippen LogP contribution in [0.2, 0.25) is 5.28 Å². The molecule has 0 amide bonds. The fraction of sp³-hybridized carbons (Fsp3) is 0.125. The molecule has 2 heterocycles. The molecule has 0 spiro atoms. The normalized spacial score (nSPS) is 10.6. The molecule has 0 unspecified atom stereocenters. The lowest BCUT2D eigenvalue weighted by atomic mass is 10.2. The Morgan fingerprint density at radius 2 is 2.29 bits per heavy atom. The van der Waals surface area contributed by atoms with Crippen molar-refractivity contribution in [3.05, 3.63) is 29.2 Å². The summed E-state index contributed by atoms with van der Waals surface area (Å²) in [6, 6.07) is 5.11. The third kappa shape index (κ3) is 1.42. The zero-order valence-corrected chi connectivity index (χ0v) is 7.77. The van der Waals surface area contributed by atoms with Crippen molar-refractivity contribution in [1.29, 1.82) is 0 Å². The summed E-state index contributed by atoms with van der Waals surface area (Å²) in [5, 5.41) is 16.3. The van der Waals surface area contributed by atoms with Crippen LogP contribution in [0.25, 0.3) is 5.65 Å². The number of carboxylic acid groups (broad SMARTS) is 1. The number of fused-ring (bicyclic) bond motifs is 1. The predicted octanol–water partition coefficient (Wildman–Crippen LogP) is 1.01. The van der Waals surface area contributed by atoms with Gasteiger partial charge >= 0.3 is 5.97 Å². The lowest BCUT2D eigenvalue weighted by molar-refractivity contribution is -0.136. The number of carboxylic acids is 1. The molecule has 6 heteroatoms. The molecular weight excluding hydrogens is 206 g/mol. The van der Waals surface area contributed by atoms with Crippen LogP contribution >= 0.6 is 11.6 Å². The van der Waals surface area contributed by atoms with Crippen LogP contribution in [0.15, 0.2) is 18.2 Å². The van der Waals surface area contributed by atoms with Crippen LogP contribution in [0.3, 0.4) is 0 Å². The molecule has 14 heavy (non-hydrogen) atoms. The second-order valence-electron chi connectivity index (χ2n) is 2.75. The zero-order chi connectivity index (χ0) is 10.1. The number of hydrogen-bond acceptors (Lipinski definition) is 3. The molecule has 0 bridgehead atoms. The Kier molecular flexibility index (Phi) is 2.09. The van der Waals surface area contributed by atoms with Crippen molar-refractivity contribution in [2.75, 3.05) is 0 Å². The highest BCUT2D eigenvalue weighted by molar-refractivity contribution is 6.28. The monoisotopic (exact) mass is 211 g/mol.